The predicted octanol–water partition coefficient (Wildman–Crippen LogP) is -1.05. The zero-order valence-corrected chi connectivity index (χ0v) is 11.7. The van der Waals surface area contributed by atoms with E-state index in [-0.39, 0.29) is 0 Å². The highest BCUT2D eigenvalue weighted by Crippen LogP contribution is 2.23. The Morgan fingerprint density at radius 2 is 1.63 bits per heavy atom. The lowest BCUT2D eigenvalue weighted by atomic mass is 10.1. The summed E-state index contributed by atoms with van der Waals surface area (Å²) in [5.74, 6) is 0. The molecule has 1 aliphatic carbocycles. The van der Waals surface area contributed by atoms with Crippen LogP contribution in [0.1, 0.15) is 5.56 Å². The number of aliphatic hydroxyl groups is 4. The average molecular weight is 333 g/mol. The van der Waals surface area contributed by atoms with E-state index in [0.29, 0.717) is 12.2 Å². The van der Waals surface area contributed by atoms with Gasteiger partial charge in [0.15, 0.2) is 0 Å². The van der Waals surface area contributed by atoms with Crippen LogP contribution in [0.2, 0.25) is 0 Å². The molecule has 7 N–H and O–H groups in total. The van der Waals surface area contributed by atoms with Gasteiger partial charge in [0.2, 0.25) is 0 Å². The van der Waals surface area contributed by atoms with Gasteiger partial charge in [-0.15, -0.1) is 0 Å². The standard InChI is InChI=1S/C12H17BrN2O4/c13-6-3-5(1-2-7(6)14)4-15-8-9(16)11(18)12(19)10(8)17/h1-3,8-12,15-19H,4,14H2/t8-,9+,10-,11+,12-. The highest BCUT2D eigenvalue weighted by molar-refractivity contribution is 9.10. The fraction of sp³-hybridized carbons (Fsp3) is 0.500. The van der Waals surface area contributed by atoms with E-state index in [0.717, 1.165) is 10.0 Å². The van der Waals surface area contributed by atoms with Crippen molar-refractivity contribution in [3.63, 3.8) is 0 Å². The van der Waals surface area contributed by atoms with Gasteiger partial charge in [0.25, 0.3) is 0 Å². The van der Waals surface area contributed by atoms with E-state index in [1.165, 1.54) is 0 Å². The molecule has 0 saturated heterocycles. The number of halogens is 1. The third kappa shape index (κ3) is 2.91. The predicted molar refractivity (Wildman–Crippen MR) is 73.2 cm³/mol. The van der Waals surface area contributed by atoms with Crippen LogP contribution in [0.5, 0.6) is 0 Å². The van der Waals surface area contributed by atoms with Crippen LogP contribution in [0.3, 0.4) is 0 Å². The second kappa shape index (κ2) is 5.74. The maximum Gasteiger partial charge on any atom is 0.110 e. The van der Waals surface area contributed by atoms with Crippen molar-refractivity contribution in [2.45, 2.75) is 37.0 Å². The first kappa shape index (κ1) is 14.7. The van der Waals surface area contributed by atoms with Gasteiger partial charge in [-0.05, 0) is 33.6 Å². The molecule has 1 fully saturated rings. The summed E-state index contributed by atoms with van der Waals surface area (Å²) >= 11 is 3.31. The molecule has 106 valence electrons. The Labute approximate surface area is 119 Å². The monoisotopic (exact) mass is 332 g/mol. The number of nitrogen functional groups attached to an aromatic ring is 1. The van der Waals surface area contributed by atoms with Crippen molar-refractivity contribution in [1.82, 2.24) is 5.32 Å². The minimum atomic E-state index is -1.34. The first-order valence-corrected chi connectivity index (χ1v) is 6.70. The molecule has 1 aromatic rings. The van der Waals surface area contributed by atoms with Crippen LogP contribution in [0.25, 0.3) is 0 Å². The van der Waals surface area contributed by atoms with Crippen LogP contribution in [-0.2, 0) is 6.54 Å². The number of nitrogens with one attached hydrogen (secondary N) is 1. The molecule has 1 aliphatic rings. The van der Waals surface area contributed by atoms with Gasteiger partial charge in [0.05, 0.1) is 6.04 Å². The normalized spacial score (nSPS) is 34.7. The number of benzene rings is 1. The highest BCUT2D eigenvalue weighted by Gasteiger charge is 2.47. The van der Waals surface area contributed by atoms with Crippen molar-refractivity contribution < 1.29 is 20.4 Å². The van der Waals surface area contributed by atoms with Gasteiger partial charge in [-0.3, -0.25) is 0 Å². The van der Waals surface area contributed by atoms with Crippen LogP contribution in [0.4, 0.5) is 5.69 Å². The minimum Gasteiger partial charge on any atom is -0.398 e. The SMILES string of the molecule is Nc1ccc(CN[C@@H]2[C@H](O)[C@H](O)[C@H](O)[C@@H]2O)cc1Br. The summed E-state index contributed by atoms with van der Waals surface area (Å²) in [6.07, 6.45) is -5.10. The van der Waals surface area contributed by atoms with Crippen LogP contribution in [0.15, 0.2) is 22.7 Å². The van der Waals surface area contributed by atoms with Gasteiger partial charge in [-0.25, -0.2) is 0 Å². The third-order valence-corrected chi connectivity index (χ3v) is 4.08. The van der Waals surface area contributed by atoms with E-state index < -0.39 is 30.5 Å². The van der Waals surface area contributed by atoms with Gasteiger partial charge in [0, 0.05) is 16.7 Å². The average Bonchev–Trinajstić information content (AvgIpc) is 2.56. The van der Waals surface area contributed by atoms with Gasteiger partial charge in [-0.2, -0.15) is 0 Å². The maximum absolute atomic E-state index is 9.71. The molecule has 0 amide bonds. The number of hydrogen-bond acceptors (Lipinski definition) is 6. The Morgan fingerprint density at radius 3 is 2.16 bits per heavy atom. The zero-order valence-electron chi connectivity index (χ0n) is 10.1. The van der Waals surface area contributed by atoms with Gasteiger partial charge < -0.3 is 31.5 Å². The van der Waals surface area contributed by atoms with Crippen molar-refractivity contribution >= 4 is 21.6 Å². The lowest BCUT2D eigenvalue weighted by Crippen LogP contribution is -2.44. The maximum atomic E-state index is 9.71. The fourth-order valence-corrected chi connectivity index (χ4v) is 2.61. The topological polar surface area (TPSA) is 119 Å². The second-order valence-electron chi connectivity index (χ2n) is 4.72. The molecule has 1 aromatic carbocycles. The molecule has 0 aliphatic heterocycles. The van der Waals surface area contributed by atoms with Crippen LogP contribution < -0.4 is 11.1 Å². The molecule has 5 atom stereocenters. The first-order chi connectivity index (χ1) is 8.91. The van der Waals surface area contributed by atoms with Crippen LogP contribution >= 0.6 is 15.9 Å². The van der Waals surface area contributed by atoms with Crippen molar-refractivity contribution in [3.05, 3.63) is 28.2 Å². The van der Waals surface area contributed by atoms with E-state index in [2.05, 4.69) is 21.2 Å². The van der Waals surface area contributed by atoms with E-state index >= 15 is 0 Å². The molecule has 19 heavy (non-hydrogen) atoms. The Bertz CT molecular complexity index is 445. The Hall–Kier alpha value is -0.700. The van der Waals surface area contributed by atoms with E-state index in [4.69, 9.17) is 5.73 Å². The summed E-state index contributed by atoms with van der Waals surface area (Å²) in [6.45, 7) is 0.372. The van der Waals surface area contributed by atoms with E-state index in [9.17, 15) is 20.4 Å². The summed E-state index contributed by atoms with van der Waals surface area (Å²) in [4.78, 5) is 0. The smallest absolute Gasteiger partial charge is 0.110 e. The second-order valence-corrected chi connectivity index (χ2v) is 5.58. The molecule has 1 saturated carbocycles. The van der Waals surface area contributed by atoms with E-state index in [1.54, 1.807) is 6.07 Å². The lowest BCUT2D eigenvalue weighted by Gasteiger charge is -2.20. The van der Waals surface area contributed by atoms with Gasteiger partial charge in [0.1, 0.15) is 24.4 Å². The number of hydrogen-bond donors (Lipinski definition) is 6. The quantitative estimate of drug-likeness (QED) is 0.393. The lowest BCUT2D eigenvalue weighted by molar-refractivity contribution is -0.0413. The summed E-state index contributed by atoms with van der Waals surface area (Å²) < 4.78 is 0.763. The molecule has 0 radical (unpaired) electrons. The molecule has 0 bridgehead atoms. The Kier molecular flexibility index (Phi) is 4.44. The molecule has 7 heteroatoms. The first-order valence-electron chi connectivity index (χ1n) is 5.91. The van der Waals surface area contributed by atoms with Crippen molar-refractivity contribution in [2.75, 3.05) is 5.73 Å². The molecular formula is C12H17BrN2O4. The largest absolute Gasteiger partial charge is 0.398 e. The molecular weight excluding hydrogens is 316 g/mol. The minimum absolute atomic E-state index is 0.372. The Balaban J connectivity index is 2.00. The third-order valence-electron chi connectivity index (χ3n) is 3.39. The fourth-order valence-electron chi connectivity index (χ4n) is 2.19. The highest BCUT2D eigenvalue weighted by atomic mass is 79.9. The summed E-state index contributed by atoms with van der Waals surface area (Å²) in [6, 6.07) is 4.60. The number of rotatable bonds is 3. The van der Waals surface area contributed by atoms with Gasteiger partial charge in [-0.1, -0.05) is 6.07 Å². The molecule has 0 spiro atoms. The number of nitrogens with two attached hydrogens (primary N) is 1. The molecule has 6 nitrogen and oxygen atoms in total. The number of anilines is 1. The van der Waals surface area contributed by atoms with Crippen molar-refractivity contribution in [3.8, 4) is 0 Å². The molecule has 0 aromatic heterocycles. The Morgan fingerprint density at radius 1 is 1.05 bits per heavy atom. The summed E-state index contributed by atoms with van der Waals surface area (Å²) in [7, 11) is 0. The molecule has 0 unspecified atom stereocenters. The zero-order chi connectivity index (χ0) is 14.2. The number of aliphatic hydroxyl groups excluding tert-OH is 4. The molecule has 2 rings (SSSR count). The van der Waals surface area contributed by atoms with Crippen molar-refractivity contribution in [1.29, 1.82) is 0 Å². The summed E-state index contributed by atoms with van der Waals surface area (Å²) in [5.41, 5.74) is 7.19. The molecule has 0 heterocycles. The summed E-state index contributed by atoms with van der Waals surface area (Å²) in [5, 5.41) is 41.3. The van der Waals surface area contributed by atoms with Gasteiger partial charge >= 0.3 is 0 Å². The van der Waals surface area contributed by atoms with Crippen LogP contribution in [0, 0.1) is 0 Å². The van der Waals surface area contributed by atoms with Crippen LogP contribution in [-0.4, -0.2) is 50.9 Å². The van der Waals surface area contributed by atoms with E-state index in [1.807, 2.05) is 12.1 Å². The van der Waals surface area contributed by atoms with Crippen molar-refractivity contribution in [2.24, 2.45) is 0 Å².